The van der Waals surface area contributed by atoms with Crippen LogP contribution < -0.4 is 5.18 Å². The number of ether oxygens (including phenoxy) is 1. The first kappa shape index (κ1) is 17.7. The number of nitrogens with zero attached hydrogens (tertiary/aromatic N) is 4. The maximum absolute atomic E-state index is 10.6. The van der Waals surface area contributed by atoms with Gasteiger partial charge in [0.25, 0.3) is 5.69 Å². The van der Waals surface area contributed by atoms with E-state index >= 15 is 0 Å². The molecule has 4 rings (SSSR count). The third-order valence-electron chi connectivity index (χ3n) is 5.25. The van der Waals surface area contributed by atoms with E-state index in [4.69, 9.17) is 4.74 Å². The van der Waals surface area contributed by atoms with Gasteiger partial charge in [0.15, 0.2) is 5.65 Å². The minimum absolute atomic E-state index is 0.0519. The van der Waals surface area contributed by atoms with Crippen molar-refractivity contribution in [2.75, 3.05) is 0 Å². The Labute approximate surface area is 156 Å². The molecule has 1 aliphatic rings. The molecule has 1 aromatic carbocycles. The summed E-state index contributed by atoms with van der Waals surface area (Å²) >= 11 is 0. The van der Waals surface area contributed by atoms with E-state index < -0.39 is 6.10 Å². The molecule has 4 atom stereocenters. The van der Waals surface area contributed by atoms with Gasteiger partial charge < -0.3 is 9.84 Å². The maximum atomic E-state index is 10.6. The first-order valence-electron chi connectivity index (χ1n) is 9.05. The van der Waals surface area contributed by atoms with Crippen molar-refractivity contribution in [1.82, 2.24) is 19.5 Å². The normalized spacial score (nSPS) is 25.1. The van der Waals surface area contributed by atoms with Crippen LogP contribution in [0.2, 0.25) is 0 Å². The standard InChI is InChI=1S/C19H21N5O3/c1-11-17(25)12(2)27-19(11)24-10-22-16-15(20-9-21-18(16)24)8-5-13-3-6-14(23-26)7-4-13/h3-4,6-7,9-12,17,19,25H,5,8H2,1-2H3/p+1/t11-,12-,17+,19-/m1/s1. The van der Waals surface area contributed by atoms with E-state index in [2.05, 4.69) is 15.0 Å². The number of nitrogens with one attached hydrogen (secondary N) is 1. The Kier molecular flexibility index (Phi) is 4.67. The van der Waals surface area contributed by atoms with Crippen molar-refractivity contribution >= 4 is 16.9 Å². The molecule has 0 saturated carbocycles. The number of aliphatic hydroxyl groups excluding tert-OH is 1. The number of aryl methyl sites for hydroxylation is 2. The lowest BCUT2D eigenvalue weighted by molar-refractivity contribution is -0.379. The molecule has 140 valence electrons. The predicted molar refractivity (Wildman–Crippen MR) is 97.9 cm³/mol. The molecule has 0 unspecified atom stereocenters. The van der Waals surface area contributed by atoms with E-state index in [9.17, 15) is 10.0 Å². The summed E-state index contributed by atoms with van der Waals surface area (Å²) < 4.78 is 7.79. The van der Waals surface area contributed by atoms with Crippen LogP contribution in [0.5, 0.6) is 0 Å². The first-order chi connectivity index (χ1) is 13.1. The van der Waals surface area contributed by atoms with Gasteiger partial charge in [-0.05, 0) is 25.3 Å². The molecule has 3 aromatic rings. The van der Waals surface area contributed by atoms with Crippen LogP contribution in [0.15, 0.2) is 36.9 Å². The van der Waals surface area contributed by atoms with Gasteiger partial charge in [-0.3, -0.25) is 4.57 Å². The van der Waals surface area contributed by atoms with Crippen LogP contribution in [0.1, 0.15) is 31.3 Å². The Bertz CT molecular complexity index is 956. The number of hydrogen-bond acceptors (Lipinski definition) is 6. The van der Waals surface area contributed by atoms with Gasteiger partial charge in [0.2, 0.25) is 0 Å². The smallest absolute Gasteiger partial charge is 0.253 e. The molecule has 1 aliphatic heterocycles. The Morgan fingerprint density at radius 1 is 1.15 bits per heavy atom. The molecule has 0 spiro atoms. The van der Waals surface area contributed by atoms with E-state index in [1.54, 1.807) is 24.8 Å². The van der Waals surface area contributed by atoms with Crippen molar-refractivity contribution in [3.8, 4) is 0 Å². The molecule has 0 aliphatic carbocycles. The summed E-state index contributed by atoms with van der Waals surface area (Å²) in [5.41, 5.74) is 3.99. The Balaban J connectivity index is 1.58. The molecule has 0 bridgehead atoms. The highest BCUT2D eigenvalue weighted by Crippen LogP contribution is 2.35. The van der Waals surface area contributed by atoms with Crippen molar-refractivity contribution in [3.05, 3.63) is 53.1 Å². The zero-order chi connectivity index (χ0) is 19.0. The van der Waals surface area contributed by atoms with Gasteiger partial charge in [-0.15, -0.1) is 0 Å². The van der Waals surface area contributed by atoms with Gasteiger partial charge in [0, 0.05) is 28.1 Å². The molecular weight excluding hydrogens is 346 g/mol. The van der Waals surface area contributed by atoms with Gasteiger partial charge in [-0.25, -0.2) is 15.0 Å². The lowest BCUT2D eigenvalue weighted by Crippen LogP contribution is -2.55. The second kappa shape index (κ2) is 7.13. The average Bonchev–Trinajstić information content (AvgIpc) is 3.23. The number of benzene rings is 1. The van der Waals surface area contributed by atoms with E-state index in [-0.39, 0.29) is 18.2 Å². The molecule has 2 aromatic heterocycles. The SMILES string of the molecule is C[C@@H]1[C@H](O)[C@@H](C)O[C@H]1n1cnc2c(CCc3ccc([NH+]=O)cc3)ncnc21. The third-order valence-corrected chi connectivity index (χ3v) is 5.25. The third kappa shape index (κ3) is 3.22. The number of aromatic nitrogens is 4. The summed E-state index contributed by atoms with van der Waals surface area (Å²) in [6, 6.07) is 7.37. The second-order valence-electron chi connectivity index (χ2n) is 7.02. The number of rotatable bonds is 5. The van der Waals surface area contributed by atoms with Crippen LogP contribution in [-0.4, -0.2) is 36.8 Å². The van der Waals surface area contributed by atoms with Crippen LogP contribution in [-0.2, 0) is 17.6 Å². The van der Waals surface area contributed by atoms with Crippen molar-refractivity contribution in [2.45, 2.75) is 45.1 Å². The number of aliphatic hydroxyl groups is 1. The van der Waals surface area contributed by atoms with Crippen molar-refractivity contribution in [3.63, 3.8) is 0 Å². The zero-order valence-corrected chi connectivity index (χ0v) is 15.2. The molecule has 0 amide bonds. The monoisotopic (exact) mass is 368 g/mol. The molecule has 3 heterocycles. The van der Waals surface area contributed by atoms with Gasteiger partial charge in [-0.1, -0.05) is 19.1 Å². The topological polar surface area (TPSA) is 104 Å². The lowest BCUT2D eigenvalue weighted by atomic mass is 10.0. The highest BCUT2D eigenvalue weighted by molar-refractivity contribution is 5.73. The number of imidazole rings is 1. The lowest BCUT2D eigenvalue weighted by Gasteiger charge is -2.17. The Morgan fingerprint density at radius 2 is 1.93 bits per heavy atom. The molecule has 1 saturated heterocycles. The molecule has 2 N–H and O–H groups in total. The quantitative estimate of drug-likeness (QED) is 0.696. The Morgan fingerprint density at radius 3 is 2.59 bits per heavy atom. The number of nitroso groups, excluding NO2 is 1. The summed E-state index contributed by atoms with van der Waals surface area (Å²) in [5.74, 6) is -0.0519. The van der Waals surface area contributed by atoms with Crippen LogP contribution in [0.25, 0.3) is 11.2 Å². The highest BCUT2D eigenvalue weighted by Gasteiger charge is 2.40. The summed E-state index contributed by atoms with van der Waals surface area (Å²) in [6.45, 7) is 3.83. The van der Waals surface area contributed by atoms with E-state index in [1.807, 2.05) is 35.7 Å². The molecule has 27 heavy (non-hydrogen) atoms. The first-order valence-corrected chi connectivity index (χ1v) is 9.05. The van der Waals surface area contributed by atoms with Crippen molar-refractivity contribution < 1.29 is 15.0 Å². The van der Waals surface area contributed by atoms with Crippen molar-refractivity contribution in [1.29, 1.82) is 0 Å². The summed E-state index contributed by atoms with van der Waals surface area (Å²) in [4.78, 5) is 24.0. The predicted octanol–water partition coefficient (Wildman–Crippen LogP) is 1.00. The minimum atomic E-state index is -0.514. The fraction of sp³-hybridized carbons (Fsp3) is 0.421. The molecule has 0 radical (unpaired) electrons. The van der Waals surface area contributed by atoms with Crippen LogP contribution in [0, 0.1) is 10.8 Å². The minimum Gasteiger partial charge on any atom is -0.390 e. The zero-order valence-electron chi connectivity index (χ0n) is 15.2. The number of hydrogen-bond donors (Lipinski definition) is 2. The molecular formula is C19H22N5O3+. The largest absolute Gasteiger partial charge is 0.390 e. The molecule has 8 heteroatoms. The van der Waals surface area contributed by atoms with Gasteiger partial charge in [0.05, 0.1) is 24.2 Å². The molecule has 8 nitrogen and oxygen atoms in total. The summed E-state index contributed by atoms with van der Waals surface area (Å²) in [6.07, 6.45) is 3.71. The fourth-order valence-corrected chi connectivity index (χ4v) is 3.61. The van der Waals surface area contributed by atoms with Crippen molar-refractivity contribution in [2.24, 2.45) is 5.92 Å². The van der Waals surface area contributed by atoms with Crippen LogP contribution in [0.4, 0.5) is 5.69 Å². The summed E-state index contributed by atoms with van der Waals surface area (Å²) in [7, 11) is 0. The van der Waals surface area contributed by atoms with Crippen LogP contribution in [0.3, 0.4) is 0 Å². The second-order valence-corrected chi connectivity index (χ2v) is 7.02. The van der Waals surface area contributed by atoms with Gasteiger partial charge >= 0.3 is 0 Å². The fourth-order valence-electron chi connectivity index (χ4n) is 3.61. The average molecular weight is 368 g/mol. The molecule has 1 fully saturated rings. The maximum Gasteiger partial charge on any atom is 0.253 e. The van der Waals surface area contributed by atoms with E-state index in [0.717, 1.165) is 23.2 Å². The van der Waals surface area contributed by atoms with Gasteiger partial charge in [-0.2, -0.15) is 0 Å². The van der Waals surface area contributed by atoms with Crippen LogP contribution >= 0.6 is 0 Å². The number of fused-ring (bicyclic) bond motifs is 1. The Hall–Kier alpha value is -2.71. The highest BCUT2D eigenvalue weighted by atomic mass is 16.5. The summed E-state index contributed by atoms with van der Waals surface area (Å²) in [5, 5.41) is 12.1. The van der Waals surface area contributed by atoms with E-state index in [1.165, 1.54) is 0 Å². The van der Waals surface area contributed by atoms with E-state index in [0.29, 0.717) is 17.8 Å². The van der Waals surface area contributed by atoms with Gasteiger partial charge in [0.1, 0.15) is 18.1 Å².